The van der Waals surface area contributed by atoms with E-state index in [1.165, 1.54) is 0 Å². The molecule has 0 radical (unpaired) electrons. The van der Waals surface area contributed by atoms with Gasteiger partial charge in [0, 0.05) is 24.5 Å². The predicted octanol–water partition coefficient (Wildman–Crippen LogP) is 0.458. The van der Waals surface area contributed by atoms with Crippen LogP contribution in [0.4, 0.5) is 4.79 Å². The van der Waals surface area contributed by atoms with Gasteiger partial charge in [0.05, 0.1) is 12.1 Å². The fourth-order valence-electron chi connectivity index (χ4n) is 2.40. The lowest BCUT2D eigenvalue weighted by atomic mass is 10.0. The molecule has 17 heavy (non-hydrogen) atoms. The summed E-state index contributed by atoms with van der Waals surface area (Å²) < 4.78 is 0. The van der Waals surface area contributed by atoms with Crippen LogP contribution in [0.1, 0.15) is 25.7 Å². The van der Waals surface area contributed by atoms with Crippen LogP contribution < -0.4 is 16.0 Å². The van der Waals surface area contributed by atoms with Crippen LogP contribution in [0, 0.1) is 0 Å². The highest BCUT2D eigenvalue weighted by atomic mass is 32.2. The Kier molecular flexibility index (Phi) is 4.15. The maximum atomic E-state index is 11.2. The summed E-state index contributed by atoms with van der Waals surface area (Å²) >= 11 is 1.92. The first-order valence-electron chi connectivity index (χ1n) is 6.10. The van der Waals surface area contributed by atoms with Gasteiger partial charge in [0.2, 0.25) is 5.91 Å². The topological polar surface area (TPSA) is 70.2 Å². The van der Waals surface area contributed by atoms with Gasteiger partial charge in [-0.3, -0.25) is 4.79 Å². The molecule has 2 aliphatic heterocycles. The zero-order valence-corrected chi connectivity index (χ0v) is 10.8. The average molecular weight is 257 g/mol. The van der Waals surface area contributed by atoms with Crippen LogP contribution in [0.5, 0.6) is 0 Å². The molecule has 96 valence electrons. The van der Waals surface area contributed by atoms with Crippen LogP contribution in [0.2, 0.25) is 0 Å². The molecule has 0 aromatic carbocycles. The van der Waals surface area contributed by atoms with Gasteiger partial charge in [-0.1, -0.05) is 6.42 Å². The van der Waals surface area contributed by atoms with E-state index in [0.29, 0.717) is 17.7 Å². The molecular weight excluding hydrogens is 238 g/mol. The molecule has 5 nitrogen and oxygen atoms in total. The third-order valence-electron chi connectivity index (χ3n) is 3.36. The van der Waals surface area contributed by atoms with Gasteiger partial charge in [0.1, 0.15) is 0 Å². The Morgan fingerprint density at radius 1 is 1.47 bits per heavy atom. The zero-order valence-electron chi connectivity index (χ0n) is 9.99. The molecule has 3 amide bonds. The van der Waals surface area contributed by atoms with Gasteiger partial charge in [-0.15, -0.1) is 0 Å². The molecule has 0 spiro atoms. The first kappa shape index (κ1) is 12.5. The maximum Gasteiger partial charge on any atom is 0.315 e. The van der Waals surface area contributed by atoms with Crippen LogP contribution in [0.15, 0.2) is 0 Å². The minimum absolute atomic E-state index is 0.0318. The van der Waals surface area contributed by atoms with Crippen molar-refractivity contribution in [2.24, 2.45) is 0 Å². The summed E-state index contributed by atoms with van der Waals surface area (Å²) in [5, 5.41) is 9.03. The molecule has 3 atom stereocenters. The number of urea groups is 1. The molecule has 2 rings (SSSR count). The summed E-state index contributed by atoms with van der Waals surface area (Å²) in [5.41, 5.74) is 0. The van der Waals surface area contributed by atoms with E-state index in [9.17, 15) is 9.59 Å². The van der Waals surface area contributed by atoms with Gasteiger partial charge >= 0.3 is 6.03 Å². The smallest absolute Gasteiger partial charge is 0.315 e. The van der Waals surface area contributed by atoms with E-state index in [-0.39, 0.29) is 18.0 Å². The Morgan fingerprint density at radius 3 is 3.06 bits per heavy atom. The molecule has 2 fully saturated rings. The van der Waals surface area contributed by atoms with E-state index in [2.05, 4.69) is 16.0 Å². The third kappa shape index (κ3) is 3.06. The van der Waals surface area contributed by atoms with Gasteiger partial charge < -0.3 is 16.0 Å². The molecule has 2 aliphatic rings. The minimum atomic E-state index is -0.0318. The fourth-order valence-corrected chi connectivity index (χ4v) is 3.94. The maximum absolute atomic E-state index is 11.2. The molecule has 0 aromatic rings. The zero-order chi connectivity index (χ0) is 12.3. The van der Waals surface area contributed by atoms with Gasteiger partial charge in [-0.25, -0.2) is 4.79 Å². The second-order valence-electron chi connectivity index (χ2n) is 4.54. The van der Waals surface area contributed by atoms with Crippen molar-refractivity contribution >= 4 is 23.7 Å². The van der Waals surface area contributed by atoms with Crippen LogP contribution >= 0.6 is 11.8 Å². The number of unbranched alkanes of at least 4 members (excludes halogenated alkanes) is 1. The highest BCUT2D eigenvalue weighted by Crippen LogP contribution is 2.33. The molecule has 0 aliphatic carbocycles. The summed E-state index contributed by atoms with van der Waals surface area (Å²) in [6.07, 6.45) is 3.65. The van der Waals surface area contributed by atoms with Crippen LogP contribution in [-0.2, 0) is 4.79 Å². The molecule has 2 heterocycles. The fraction of sp³-hybridized carbons (Fsp3) is 0.818. The predicted molar refractivity (Wildman–Crippen MR) is 68.0 cm³/mol. The van der Waals surface area contributed by atoms with Gasteiger partial charge in [-0.05, 0) is 12.8 Å². The number of rotatable bonds is 5. The average Bonchev–Trinajstić information content (AvgIpc) is 2.84. The van der Waals surface area contributed by atoms with Gasteiger partial charge in [0.15, 0.2) is 0 Å². The van der Waals surface area contributed by atoms with E-state index < -0.39 is 0 Å². The Hall–Kier alpha value is -0.910. The first-order chi connectivity index (χ1) is 8.20. The van der Waals surface area contributed by atoms with Crippen molar-refractivity contribution in [2.45, 2.75) is 43.0 Å². The standard InChI is InChI=1S/C11H19N3O2S/c1-12-9(15)5-3-2-4-8-10-7(6-17-8)13-11(16)14-10/h7-8,10H,2-6H2,1H3,(H,12,15)(H2,13,14,16)/t7-,8?,10-/m1/s1. The lowest BCUT2D eigenvalue weighted by Gasteiger charge is -2.16. The summed E-state index contributed by atoms with van der Waals surface area (Å²) in [6, 6.07) is 0.555. The summed E-state index contributed by atoms with van der Waals surface area (Å²) in [4.78, 5) is 22.2. The number of carbonyl (C=O) groups excluding carboxylic acids is 2. The van der Waals surface area contributed by atoms with E-state index in [4.69, 9.17) is 0 Å². The molecular formula is C11H19N3O2S. The van der Waals surface area contributed by atoms with E-state index in [0.717, 1.165) is 25.0 Å². The summed E-state index contributed by atoms with van der Waals surface area (Å²) in [5.74, 6) is 1.11. The summed E-state index contributed by atoms with van der Waals surface area (Å²) in [7, 11) is 1.67. The first-order valence-corrected chi connectivity index (χ1v) is 7.15. The van der Waals surface area contributed by atoms with Gasteiger partial charge in [0.25, 0.3) is 0 Å². The highest BCUT2D eigenvalue weighted by Gasteiger charge is 2.42. The van der Waals surface area contributed by atoms with E-state index in [1.807, 2.05) is 11.8 Å². The molecule has 1 unspecified atom stereocenters. The Bertz CT molecular complexity index is 311. The number of hydrogen-bond acceptors (Lipinski definition) is 3. The number of thioether (sulfide) groups is 1. The molecule has 2 saturated heterocycles. The van der Waals surface area contributed by atoms with Crippen molar-refractivity contribution < 1.29 is 9.59 Å². The quantitative estimate of drug-likeness (QED) is 0.495. The largest absolute Gasteiger partial charge is 0.359 e. The molecule has 0 saturated carbocycles. The molecule has 0 bridgehead atoms. The second kappa shape index (κ2) is 5.62. The van der Waals surface area contributed by atoms with E-state index in [1.54, 1.807) is 7.05 Å². The van der Waals surface area contributed by atoms with Crippen LogP contribution in [-0.4, -0.2) is 42.1 Å². The monoisotopic (exact) mass is 257 g/mol. The molecule has 3 N–H and O–H groups in total. The Labute approximate surface area is 105 Å². The second-order valence-corrected chi connectivity index (χ2v) is 5.81. The van der Waals surface area contributed by atoms with Crippen LogP contribution in [0.3, 0.4) is 0 Å². The van der Waals surface area contributed by atoms with Crippen molar-refractivity contribution in [3.8, 4) is 0 Å². The van der Waals surface area contributed by atoms with Gasteiger partial charge in [-0.2, -0.15) is 11.8 Å². The van der Waals surface area contributed by atoms with Crippen molar-refractivity contribution in [1.82, 2.24) is 16.0 Å². The normalized spacial score (nSPS) is 30.6. The third-order valence-corrected chi connectivity index (χ3v) is 4.87. The van der Waals surface area contributed by atoms with E-state index >= 15 is 0 Å². The number of hydrogen-bond donors (Lipinski definition) is 3. The van der Waals surface area contributed by atoms with Crippen molar-refractivity contribution in [2.75, 3.05) is 12.8 Å². The van der Waals surface area contributed by atoms with Crippen molar-refractivity contribution in [3.05, 3.63) is 0 Å². The summed E-state index contributed by atoms with van der Waals surface area (Å²) in [6.45, 7) is 0. The SMILES string of the molecule is CNC(=O)CCCCC1SC[C@H]2NC(=O)N[C@@H]12. The highest BCUT2D eigenvalue weighted by molar-refractivity contribution is 8.00. The Balaban J connectivity index is 1.66. The number of nitrogens with one attached hydrogen (secondary N) is 3. The minimum Gasteiger partial charge on any atom is -0.359 e. The lowest BCUT2D eigenvalue weighted by molar-refractivity contribution is -0.120. The van der Waals surface area contributed by atoms with Crippen molar-refractivity contribution in [3.63, 3.8) is 0 Å². The van der Waals surface area contributed by atoms with Crippen LogP contribution in [0.25, 0.3) is 0 Å². The number of fused-ring (bicyclic) bond motifs is 1. The molecule has 6 heteroatoms. The Morgan fingerprint density at radius 2 is 2.29 bits per heavy atom. The molecule has 0 aromatic heterocycles. The number of carbonyl (C=O) groups is 2. The lowest BCUT2D eigenvalue weighted by Crippen LogP contribution is -2.36. The number of amides is 3. The van der Waals surface area contributed by atoms with Crippen molar-refractivity contribution in [1.29, 1.82) is 0 Å².